The zero-order valence-electron chi connectivity index (χ0n) is 9.67. The number of aromatic nitrogens is 2. The first-order valence-corrected chi connectivity index (χ1v) is 5.44. The van der Waals surface area contributed by atoms with Crippen LogP contribution in [0.4, 0.5) is 0 Å². The average Bonchev–Trinajstić information content (AvgIpc) is 2.94. The van der Waals surface area contributed by atoms with Crippen molar-refractivity contribution in [1.29, 1.82) is 0 Å². The Hall–Kier alpha value is -2.37. The third-order valence-corrected chi connectivity index (χ3v) is 2.55. The number of carbonyl (C=O) groups excluding carboxylic acids is 1. The van der Waals surface area contributed by atoms with Gasteiger partial charge in [-0.25, -0.2) is 0 Å². The van der Waals surface area contributed by atoms with Crippen molar-refractivity contribution in [2.24, 2.45) is 0 Å². The van der Waals surface area contributed by atoms with Gasteiger partial charge in [-0.05, 0) is 12.1 Å². The largest absolute Gasteiger partial charge is 0.485 e. The van der Waals surface area contributed by atoms with Crippen LogP contribution in [0.25, 0.3) is 0 Å². The number of fused-ring (bicyclic) bond motifs is 1. The maximum atomic E-state index is 11.4. The van der Waals surface area contributed by atoms with Crippen LogP contribution < -0.4 is 9.47 Å². The van der Waals surface area contributed by atoms with E-state index in [2.05, 4.69) is 10.1 Å². The van der Waals surface area contributed by atoms with Gasteiger partial charge in [0.2, 0.25) is 17.5 Å². The van der Waals surface area contributed by atoms with Gasteiger partial charge in [0.05, 0.1) is 5.56 Å². The molecule has 0 bridgehead atoms. The summed E-state index contributed by atoms with van der Waals surface area (Å²) >= 11 is 0. The highest BCUT2D eigenvalue weighted by molar-refractivity contribution is 6.02. The van der Waals surface area contributed by atoms with Crippen LogP contribution in [0.1, 0.15) is 22.1 Å². The van der Waals surface area contributed by atoms with Crippen molar-refractivity contribution in [1.82, 2.24) is 10.1 Å². The van der Waals surface area contributed by atoms with E-state index in [0.717, 1.165) is 0 Å². The van der Waals surface area contributed by atoms with E-state index in [9.17, 15) is 4.79 Å². The molecule has 3 rings (SSSR count). The van der Waals surface area contributed by atoms with Crippen molar-refractivity contribution in [2.75, 3.05) is 6.61 Å². The third kappa shape index (κ3) is 1.92. The van der Waals surface area contributed by atoms with Gasteiger partial charge in [-0.1, -0.05) is 5.16 Å². The Morgan fingerprint density at radius 3 is 3.11 bits per heavy atom. The number of ether oxygens (including phenoxy) is 2. The van der Waals surface area contributed by atoms with E-state index in [0.29, 0.717) is 28.8 Å². The van der Waals surface area contributed by atoms with E-state index >= 15 is 0 Å². The lowest BCUT2D eigenvalue weighted by Gasteiger charge is -2.04. The summed E-state index contributed by atoms with van der Waals surface area (Å²) in [4.78, 5) is 15.4. The molecule has 0 fully saturated rings. The van der Waals surface area contributed by atoms with Gasteiger partial charge >= 0.3 is 0 Å². The van der Waals surface area contributed by atoms with E-state index in [4.69, 9.17) is 14.0 Å². The molecule has 1 aromatic heterocycles. The van der Waals surface area contributed by atoms with E-state index in [1.54, 1.807) is 25.1 Å². The first-order valence-electron chi connectivity index (χ1n) is 5.44. The number of hydrogen-bond acceptors (Lipinski definition) is 6. The molecule has 0 amide bonds. The predicted molar refractivity (Wildman–Crippen MR) is 59.6 cm³/mol. The van der Waals surface area contributed by atoms with Crippen molar-refractivity contribution in [2.45, 2.75) is 13.5 Å². The van der Waals surface area contributed by atoms with Crippen LogP contribution in [-0.2, 0) is 6.61 Å². The predicted octanol–water partition coefficient (Wildman–Crippen LogP) is 1.53. The molecule has 0 saturated heterocycles. The lowest BCUT2D eigenvalue weighted by molar-refractivity contribution is 0.0961. The molecule has 92 valence electrons. The summed E-state index contributed by atoms with van der Waals surface area (Å²) < 4.78 is 15.5. The van der Waals surface area contributed by atoms with Gasteiger partial charge < -0.3 is 14.0 Å². The molecule has 0 unspecified atom stereocenters. The summed E-state index contributed by atoms with van der Waals surface area (Å²) in [5.74, 6) is 2.12. The number of rotatable bonds is 3. The highest BCUT2D eigenvalue weighted by Gasteiger charge is 2.21. The number of hydrogen-bond donors (Lipinski definition) is 0. The fraction of sp³-hybridized carbons (Fsp3) is 0.250. The quantitative estimate of drug-likeness (QED) is 0.817. The maximum Gasteiger partial charge on any atom is 0.223 e. The van der Waals surface area contributed by atoms with E-state index < -0.39 is 0 Å². The van der Waals surface area contributed by atoms with E-state index in [-0.39, 0.29) is 19.0 Å². The van der Waals surface area contributed by atoms with Crippen molar-refractivity contribution in [3.8, 4) is 11.5 Å². The number of nitrogens with zero attached hydrogens (tertiary/aromatic N) is 2. The molecule has 6 heteroatoms. The summed E-state index contributed by atoms with van der Waals surface area (Å²) in [6.07, 6.45) is 0. The van der Waals surface area contributed by atoms with Gasteiger partial charge in [0.25, 0.3) is 0 Å². The van der Waals surface area contributed by atoms with Crippen LogP contribution in [0.3, 0.4) is 0 Å². The second-order valence-electron chi connectivity index (χ2n) is 3.89. The van der Waals surface area contributed by atoms with Crippen LogP contribution in [0.2, 0.25) is 0 Å². The van der Waals surface area contributed by atoms with Gasteiger partial charge in [-0.2, -0.15) is 4.98 Å². The zero-order valence-corrected chi connectivity index (χ0v) is 9.67. The molecule has 0 N–H and O–H groups in total. The molecule has 1 aromatic carbocycles. The molecular weight excluding hydrogens is 236 g/mol. The fourth-order valence-corrected chi connectivity index (χ4v) is 1.71. The fourth-order valence-electron chi connectivity index (χ4n) is 1.71. The number of ketones is 1. The lowest BCUT2D eigenvalue weighted by Crippen LogP contribution is -1.98. The van der Waals surface area contributed by atoms with Crippen molar-refractivity contribution < 1.29 is 18.8 Å². The Labute approximate surface area is 103 Å². The molecule has 2 aromatic rings. The number of carbonyl (C=O) groups is 1. The molecule has 0 aliphatic carbocycles. The second kappa shape index (κ2) is 4.14. The maximum absolute atomic E-state index is 11.4. The topological polar surface area (TPSA) is 74.5 Å². The van der Waals surface area contributed by atoms with Crippen LogP contribution in [0, 0.1) is 6.92 Å². The van der Waals surface area contributed by atoms with Gasteiger partial charge in [-0.3, -0.25) is 4.79 Å². The molecule has 0 spiro atoms. The molecule has 1 aliphatic heterocycles. The Morgan fingerprint density at radius 2 is 2.33 bits per heavy atom. The van der Waals surface area contributed by atoms with Crippen molar-refractivity contribution in [3.63, 3.8) is 0 Å². The number of benzene rings is 1. The summed E-state index contributed by atoms with van der Waals surface area (Å²) in [5, 5.41) is 3.72. The minimum absolute atomic E-state index is 0.00894. The Kier molecular flexibility index (Phi) is 2.47. The minimum atomic E-state index is -0.00894. The van der Waals surface area contributed by atoms with E-state index in [1.807, 2.05) is 0 Å². The monoisotopic (exact) mass is 246 g/mol. The van der Waals surface area contributed by atoms with Crippen molar-refractivity contribution >= 4 is 5.78 Å². The smallest absolute Gasteiger partial charge is 0.223 e. The van der Waals surface area contributed by atoms with Gasteiger partial charge in [0, 0.05) is 13.0 Å². The minimum Gasteiger partial charge on any atom is -0.485 e. The summed E-state index contributed by atoms with van der Waals surface area (Å²) in [6, 6.07) is 5.10. The average molecular weight is 246 g/mol. The highest BCUT2D eigenvalue weighted by atomic mass is 16.5. The SMILES string of the molecule is Cc1nc(COc2ccc3c(c2)OCC3=O)no1. The first-order chi connectivity index (χ1) is 8.72. The Bertz CT molecular complexity index is 606. The molecular formula is C12H10N2O4. The third-order valence-electron chi connectivity index (χ3n) is 2.55. The summed E-state index contributed by atoms with van der Waals surface area (Å²) in [5.41, 5.74) is 0.595. The first kappa shape index (κ1) is 10.8. The molecule has 0 saturated carbocycles. The molecule has 0 atom stereocenters. The highest BCUT2D eigenvalue weighted by Crippen LogP contribution is 2.29. The Morgan fingerprint density at radius 1 is 1.44 bits per heavy atom. The van der Waals surface area contributed by atoms with Crippen LogP contribution in [-0.4, -0.2) is 22.5 Å². The summed E-state index contributed by atoms with van der Waals surface area (Å²) in [7, 11) is 0. The lowest BCUT2D eigenvalue weighted by atomic mass is 10.1. The molecule has 0 radical (unpaired) electrons. The zero-order chi connectivity index (χ0) is 12.5. The van der Waals surface area contributed by atoms with Crippen LogP contribution in [0.15, 0.2) is 22.7 Å². The normalized spacial score (nSPS) is 13.3. The van der Waals surface area contributed by atoms with Crippen molar-refractivity contribution in [3.05, 3.63) is 35.5 Å². The summed E-state index contributed by atoms with van der Waals surface area (Å²) in [6.45, 7) is 2.03. The molecule has 18 heavy (non-hydrogen) atoms. The Balaban J connectivity index is 1.72. The molecule has 6 nitrogen and oxygen atoms in total. The second-order valence-corrected chi connectivity index (χ2v) is 3.89. The van der Waals surface area contributed by atoms with Gasteiger partial charge in [0.15, 0.2) is 13.2 Å². The van der Waals surface area contributed by atoms with E-state index in [1.165, 1.54) is 0 Å². The van der Waals surface area contributed by atoms with Crippen LogP contribution in [0.5, 0.6) is 11.5 Å². The number of Topliss-reactive ketones (excluding diaryl/α,β-unsaturated/α-hetero) is 1. The standard InChI is InChI=1S/C12H10N2O4/c1-7-13-12(14-18-7)6-16-8-2-3-9-10(15)5-17-11(9)4-8/h2-4H,5-6H2,1H3. The van der Waals surface area contributed by atoms with Crippen LogP contribution >= 0.6 is 0 Å². The number of aryl methyl sites for hydroxylation is 1. The molecule has 2 heterocycles. The van der Waals surface area contributed by atoms with Gasteiger partial charge in [0.1, 0.15) is 11.5 Å². The van der Waals surface area contributed by atoms with Gasteiger partial charge in [-0.15, -0.1) is 0 Å². The molecule has 1 aliphatic rings.